The molecule has 0 atom stereocenters. The predicted molar refractivity (Wildman–Crippen MR) is 85.8 cm³/mol. The van der Waals surface area contributed by atoms with Crippen LogP contribution in [0.15, 0.2) is 47.6 Å². The minimum Gasteiger partial charge on any atom is -0.489 e. The summed E-state index contributed by atoms with van der Waals surface area (Å²) < 4.78 is 5.69. The quantitative estimate of drug-likeness (QED) is 0.479. The number of halogens is 2. The fraction of sp³-hybridized carbons (Fsp3) is 0.188. The summed E-state index contributed by atoms with van der Waals surface area (Å²) >= 11 is 11.9. The molecule has 0 saturated carbocycles. The topological polar surface area (TPSA) is 41.8 Å². The lowest BCUT2D eigenvalue weighted by atomic mass is 10.1. The van der Waals surface area contributed by atoms with Gasteiger partial charge in [0.25, 0.3) is 0 Å². The van der Waals surface area contributed by atoms with Gasteiger partial charge in [-0.05, 0) is 36.8 Å². The Bertz CT molecular complexity index is 639. The number of rotatable bonds is 5. The van der Waals surface area contributed by atoms with Crippen LogP contribution < -0.4 is 4.74 Å². The van der Waals surface area contributed by atoms with Gasteiger partial charge in [-0.15, -0.1) is 0 Å². The van der Waals surface area contributed by atoms with Crippen LogP contribution in [-0.4, -0.2) is 10.9 Å². The molecule has 110 valence electrons. The fourth-order valence-corrected chi connectivity index (χ4v) is 2.30. The summed E-state index contributed by atoms with van der Waals surface area (Å²) in [4.78, 5) is 0. The highest BCUT2D eigenvalue weighted by atomic mass is 35.5. The average Bonchev–Trinajstić information content (AvgIpc) is 2.48. The first-order valence-corrected chi connectivity index (χ1v) is 7.17. The molecule has 3 nitrogen and oxygen atoms in total. The first-order valence-electron chi connectivity index (χ1n) is 6.41. The molecule has 2 rings (SSSR count). The maximum atomic E-state index is 8.65. The lowest BCUT2D eigenvalue weighted by Crippen LogP contribution is -1.99. The molecular formula is C16H15Cl2NO2. The van der Waals surface area contributed by atoms with E-state index in [-0.39, 0.29) is 0 Å². The Morgan fingerprint density at radius 2 is 1.86 bits per heavy atom. The van der Waals surface area contributed by atoms with Gasteiger partial charge in [0.05, 0.1) is 5.71 Å². The molecule has 0 aliphatic heterocycles. The fourth-order valence-electron chi connectivity index (χ4n) is 1.83. The van der Waals surface area contributed by atoms with E-state index in [9.17, 15) is 0 Å². The SMILES string of the molecule is C/C(Cc1ccc(OCc2ccc(Cl)cc2Cl)cc1)=N/O. The second kappa shape index (κ2) is 7.34. The molecule has 0 amide bonds. The molecule has 2 aromatic carbocycles. The lowest BCUT2D eigenvalue weighted by molar-refractivity contribution is 0.306. The van der Waals surface area contributed by atoms with Crippen molar-refractivity contribution < 1.29 is 9.94 Å². The van der Waals surface area contributed by atoms with Crippen molar-refractivity contribution in [2.24, 2.45) is 5.16 Å². The highest BCUT2D eigenvalue weighted by molar-refractivity contribution is 6.35. The monoisotopic (exact) mass is 323 g/mol. The van der Waals surface area contributed by atoms with Crippen LogP contribution in [-0.2, 0) is 13.0 Å². The van der Waals surface area contributed by atoms with Crippen LogP contribution in [0.5, 0.6) is 5.75 Å². The summed E-state index contributed by atoms with van der Waals surface area (Å²) in [5.74, 6) is 0.753. The molecule has 1 N–H and O–H groups in total. The van der Waals surface area contributed by atoms with Crippen molar-refractivity contribution in [1.29, 1.82) is 0 Å². The molecule has 0 bridgehead atoms. The summed E-state index contributed by atoms with van der Waals surface area (Å²) in [5.41, 5.74) is 2.60. The standard InChI is InChI=1S/C16H15Cl2NO2/c1-11(19-20)8-12-2-6-15(7-3-12)21-10-13-4-5-14(17)9-16(13)18/h2-7,9,20H,8,10H2,1H3/b19-11-. The molecule has 0 unspecified atom stereocenters. The van der Waals surface area contributed by atoms with Crippen molar-refractivity contribution in [3.63, 3.8) is 0 Å². The van der Waals surface area contributed by atoms with Crippen LogP contribution in [0.4, 0.5) is 0 Å². The number of hydrogen-bond donors (Lipinski definition) is 1. The zero-order valence-corrected chi connectivity index (χ0v) is 13.0. The van der Waals surface area contributed by atoms with Crippen LogP contribution >= 0.6 is 23.2 Å². The summed E-state index contributed by atoms with van der Waals surface area (Å²) in [7, 11) is 0. The van der Waals surface area contributed by atoms with Gasteiger partial charge in [0.1, 0.15) is 12.4 Å². The highest BCUT2D eigenvalue weighted by Crippen LogP contribution is 2.23. The van der Waals surface area contributed by atoms with Crippen molar-refractivity contribution in [2.75, 3.05) is 0 Å². The second-order valence-electron chi connectivity index (χ2n) is 4.68. The van der Waals surface area contributed by atoms with Crippen molar-refractivity contribution in [3.8, 4) is 5.75 Å². The van der Waals surface area contributed by atoms with Crippen LogP contribution in [0, 0.1) is 0 Å². The summed E-state index contributed by atoms with van der Waals surface area (Å²) in [6.07, 6.45) is 0.611. The third kappa shape index (κ3) is 4.66. The van der Waals surface area contributed by atoms with Crippen molar-refractivity contribution in [1.82, 2.24) is 0 Å². The van der Waals surface area contributed by atoms with E-state index in [4.69, 9.17) is 33.1 Å². The lowest BCUT2D eigenvalue weighted by Gasteiger charge is -2.09. The summed E-state index contributed by atoms with van der Waals surface area (Å²) in [6.45, 7) is 2.15. The van der Waals surface area contributed by atoms with Crippen LogP contribution in [0.1, 0.15) is 18.1 Å². The minimum absolute atomic E-state index is 0.381. The highest BCUT2D eigenvalue weighted by Gasteiger charge is 2.03. The van der Waals surface area contributed by atoms with E-state index in [0.29, 0.717) is 28.8 Å². The third-order valence-electron chi connectivity index (χ3n) is 2.96. The number of hydrogen-bond acceptors (Lipinski definition) is 3. The average molecular weight is 324 g/mol. The number of oxime groups is 1. The number of benzene rings is 2. The van der Waals surface area contributed by atoms with Gasteiger partial charge < -0.3 is 9.94 Å². The van der Waals surface area contributed by atoms with E-state index < -0.39 is 0 Å². The number of ether oxygens (including phenoxy) is 1. The molecule has 0 aromatic heterocycles. The Morgan fingerprint density at radius 1 is 1.14 bits per heavy atom. The predicted octanol–water partition coefficient (Wildman–Crippen LogP) is 4.97. The van der Waals surface area contributed by atoms with Gasteiger partial charge in [-0.25, -0.2) is 0 Å². The maximum Gasteiger partial charge on any atom is 0.119 e. The molecule has 0 radical (unpaired) electrons. The smallest absolute Gasteiger partial charge is 0.119 e. The normalized spacial score (nSPS) is 11.5. The van der Waals surface area contributed by atoms with E-state index in [0.717, 1.165) is 16.9 Å². The molecule has 21 heavy (non-hydrogen) atoms. The molecule has 0 aliphatic carbocycles. The maximum absolute atomic E-state index is 8.65. The molecule has 2 aromatic rings. The van der Waals surface area contributed by atoms with E-state index in [1.807, 2.05) is 30.3 Å². The molecular weight excluding hydrogens is 309 g/mol. The Balaban J connectivity index is 1.97. The van der Waals surface area contributed by atoms with Gasteiger partial charge in [-0.2, -0.15) is 0 Å². The second-order valence-corrected chi connectivity index (χ2v) is 5.52. The van der Waals surface area contributed by atoms with Crippen LogP contribution in [0.3, 0.4) is 0 Å². The zero-order chi connectivity index (χ0) is 15.2. The molecule has 0 fully saturated rings. The van der Waals surface area contributed by atoms with Crippen LogP contribution in [0.2, 0.25) is 10.0 Å². The summed E-state index contributed by atoms with van der Waals surface area (Å²) in [5, 5.41) is 13.0. The first-order chi connectivity index (χ1) is 10.1. The minimum atomic E-state index is 0.381. The third-order valence-corrected chi connectivity index (χ3v) is 3.55. The van der Waals surface area contributed by atoms with E-state index in [1.165, 1.54) is 0 Å². The Kier molecular flexibility index (Phi) is 5.48. The van der Waals surface area contributed by atoms with Crippen molar-refractivity contribution in [3.05, 3.63) is 63.6 Å². The van der Waals surface area contributed by atoms with Crippen molar-refractivity contribution in [2.45, 2.75) is 20.0 Å². The van der Waals surface area contributed by atoms with Gasteiger partial charge in [0.15, 0.2) is 0 Å². The summed E-state index contributed by atoms with van der Waals surface area (Å²) in [6, 6.07) is 13.0. The van der Waals surface area contributed by atoms with Gasteiger partial charge in [0, 0.05) is 22.0 Å². The number of nitrogens with zero attached hydrogens (tertiary/aromatic N) is 1. The van der Waals surface area contributed by atoms with Crippen molar-refractivity contribution >= 4 is 28.9 Å². The molecule has 0 saturated heterocycles. The van der Waals surface area contributed by atoms with Crippen LogP contribution in [0.25, 0.3) is 0 Å². The van der Waals surface area contributed by atoms with E-state index in [2.05, 4.69) is 5.16 Å². The van der Waals surface area contributed by atoms with Gasteiger partial charge in [-0.1, -0.05) is 46.6 Å². The Hall–Kier alpha value is -1.71. The molecule has 0 aliphatic rings. The zero-order valence-electron chi connectivity index (χ0n) is 11.5. The van der Waals surface area contributed by atoms with Gasteiger partial charge >= 0.3 is 0 Å². The molecule has 0 heterocycles. The van der Waals surface area contributed by atoms with Gasteiger partial charge in [-0.3, -0.25) is 0 Å². The van der Waals surface area contributed by atoms with E-state index in [1.54, 1.807) is 19.1 Å². The van der Waals surface area contributed by atoms with E-state index >= 15 is 0 Å². The Labute approximate surface area is 133 Å². The molecule has 5 heteroatoms. The Morgan fingerprint density at radius 3 is 2.48 bits per heavy atom. The van der Waals surface area contributed by atoms with Gasteiger partial charge in [0.2, 0.25) is 0 Å². The molecule has 0 spiro atoms. The first kappa shape index (κ1) is 15.7. The largest absolute Gasteiger partial charge is 0.489 e.